The lowest BCUT2D eigenvalue weighted by molar-refractivity contribution is -0.0499. The molecule has 0 radical (unpaired) electrons. The van der Waals surface area contributed by atoms with Gasteiger partial charge in [0.1, 0.15) is 12.5 Å². The highest BCUT2D eigenvalue weighted by Crippen LogP contribution is 2.34. The van der Waals surface area contributed by atoms with Crippen LogP contribution in [0.5, 0.6) is 0 Å². The summed E-state index contributed by atoms with van der Waals surface area (Å²) in [5, 5.41) is 6.54. The summed E-state index contributed by atoms with van der Waals surface area (Å²) in [6.07, 6.45) is 4.42. The summed E-state index contributed by atoms with van der Waals surface area (Å²) >= 11 is 0. The molecular formula is C33H50FN5O3S. The van der Waals surface area contributed by atoms with Crippen LogP contribution in [0, 0.1) is 31.1 Å². The summed E-state index contributed by atoms with van der Waals surface area (Å²) in [5.74, 6) is -0.212. The third kappa shape index (κ3) is 8.61. The Morgan fingerprint density at radius 1 is 1.05 bits per heavy atom. The Hall–Kier alpha value is -1.95. The Morgan fingerprint density at radius 2 is 1.79 bits per heavy atom. The van der Waals surface area contributed by atoms with Gasteiger partial charge in [0.15, 0.2) is 0 Å². The molecule has 5 unspecified atom stereocenters. The fraction of sp³-hybridized carbons (Fsp3) is 0.667. The fourth-order valence-electron chi connectivity index (χ4n) is 7.33. The Balaban J connectivity index is 1.47. The van der Waals surface area contributed by atoms with Crippen LogP contribution in [0.25, 0.3) is 0 Å². The molecule has 0 amide bonds. The van der Waals surface area contributed by atoms with E-state index in [9.17, 15) is 12.8 Å². The normalized spacial score (nSPS) is 30.6. The summed E-state index contributed by atoms with van der Waals surface area (Å²) < 4.78 is 51.1. The SMILES string of the molecule is Cc1cccc(C)c1C1CC2NC(N1)NS(=O)(=O)C1CCCC(C1)CN(CCc1cccc(F)n1)[C@H](CC(C)(C)C)CO2. The van der Waals surface area contributed by atoms with Gasteiger partial charge in [0.05, 0.1) is 11.9 Å². The second-order valence-corrected chi connectivity index (χ2v) is 16.1. The van der Waals surface area contributed by atoms with Gasteiger partial charge in [-0.2, -0.15) is 9.11 Å². The van der Waals surface area contributed by atoms with E-state index >= 15 is 0 Å². The van der Waals surface area contributed by atoms with Crippen molar-refractivity contribution in [2.75, 3.05) is 19.7 Å². The lowest BCUT2D eigenvalue weighted by Gasteiger charge is -2.41. The highest BCUT2D eigenvalue weighted by atomic mass is 32.2. The number of hydrogen-bond acceptors (Lipinski definition) is 7. The van der Waals surface area contributed by atoms with Gasteiger partial charge in [-0.05, 0) is 79.7 Å². The maximum absolute atomic E-state index is 13.9. The molecule has 3 fully saturated rings. The molecule has 43 heavy (non-hydrogen) atoms. The number of nitrogens with one attached hydrogen (secondary N) is 3. The fourth-order valence-corrected chi connectivity index (χ4v) is 8.99. The summed E-state index contributed by atoms with van der Waals surface area (Å²) in [6, 6.07) is 11.3. The van der Waals surface area contributed by atoms with Gasteiger partial charge in [-0.15, -0.1) is 0 Å². The number of nitrogens with zero attached hydrogens (tertiary/aromatic N) is 2. The first kappa shape index (κ1) is 32.4. The summed E-state index contributed by atoms with van der Waals surface area (Å²) in [7, 11) is -3.59. The minimum absolute atomic E-state index is 0.0578. The van der Waals surface area contributed by atoms with Crippen molar-refractivity contribution in [3.8, 4) is 0 Å². The zero-order chi connectivity index (χ0) is 30.8. The standard InChI is InChI=1S/C33H50FN5O3S/c1-22-9-6-10-23(2)31(22)28-18-30-37-32(36-28)38-43(40,41)27-13-7-11-24(17-27)20-39(26(21-42-30)19-33(3,4)5)16-15-25-12-8-14-29(34)35-25/h6,8-10,12,14,24,26-28,30,32,36-38H,7,11,13,15-21H2,1-5H3/t24?,26-,27?,28?,30?,32?/m1/s1. The number of fused-ring (bicyclic) bond motifs is 4. The monoisotopic (exact) mass is 615 g/mol. The number of sulfonamides is 1. The predicted octanol–water partition coefficient (Wildman–Crippen LogP) is 4.93. The smallest absolute Gasteiger partial charge is 0.216 e. The Morgan fingerprint density at radius 3 is 2.51 bits per heavy atom. The van der Waals surface area contributed by atoms with Crippen molar-refractivity contribution in [3.05, 3.63) is 64.7 Å². The Kier molecular flexibility index (Phi) is 10.2. The van der Waals surface area contributed by atoms with E-state index < -0.39 is 27.5 Å². The van der Waals surface area contributed by atoms with Gasteiger partial charge in [-0.3, -0.25) is 15.5 Å². The lowest BCUT2D eigenvalue weighted by atomic mass is 9.85. The molecule has 1 aromatic carbocycles. The summed E-state index contributed by atoms with van der Waals surface area (Å²) in [5.41, 5.74) is 4.33. The molecule has 2 aliphatic heterocycles. The van der Waals surface area contributed by atoms with Crippen LogP contribution in [0.3, 0.4) is 0 Å². The van der Waals surface area contributed by atoms with Crippen LogP contribution in [-0.4, -0.2) is 61.8 Å². The molecule has 2 saturated heterocycles. The maximum Gasteiger partial charge on any atom is 0.216 e. The molecule has 238 valence electrons. The van der Waals surface area contributed by atoms with Gasteiger partial charge in [0.25, 0.3) is 0 Å². The number of benzene rings is 1. The Bertz CT molecular complexity index is 1330. The summed E-state index contributed by atoms with van der Waals surface area (Å²) in [6.45, 7) is 13.0. The van der Waals surface area contributed by atoms with Crippen LogP contribution in [0.4, 0.5) is 4.39 Å². The van der Waals surface area contributed by atoms with Gasteiger partial charge >= 0.3 is 0 Å². The number of aromatic nitrogens is 1. The first-order valence-corrected chi connectivity index (χ1v) is 17.5. The third-order valence-corrected chi connectivity index (χ3v) is 11.2. The molecule has 3 aliphatic rings. The maximum atomic E-state index is 13.9. The van der Waals surface area contributed by atoms with Gasteiger partial charge in [-0.25, -0.2) is 13.4 Å². The van der Waals surface area contributed by atoms with Gasteiger partial charge in [-0.1, -0.05) is 51.5 Å². The van der Waals surface area contributed by atoms with Crippen molar-refractivity contribution in [2.24, 2.45) is 11.3 Å². The molecule has 3 N–H and O–H groups in total. The molecule has 1 aliphatic carbocycles. The number of aryl methyl sites for hydroxylation is 2. The van der Waals surface area contributed by atoms with Crippen LogP contribution < -0.4 is 15.4 Å². The van der Waals surface area contributed by atoms with Crippen molar-refractivity contribution >= 4 is 10.0 Å². The number of ether oxygens (including phenoxy) is 1. The average molecular weight is 616 g/mol. The molecule has 4 bridgehead atoms. The van der Waals surface area contributed by atoms with E-state index in [-0.39, 0.29) is 29.6 Å². The topological polar surface area (TPSA) is 95.6 Å². The number of hydrogen-bond donors (Lipinski definition) is 3. The minimum atomic E-state index is -3.59. The largest absolute Gasteiger partial charge is 0.362 e. The highest BCUT2D eigenvalue weighted by molar-refractivity contribution is 7.90. The lowest BCUT2D eigenvalue weighted by Crippen LogP contribution is -2.64. The molecule has 10 heteroatoms. The van der Waals surface area contributed by atoms with Crippen LogP contribution in [0.15, 0.2) is 36.4 Å². The van der Waals surface area contributed by atoms with Gasteiger partial charge < -0.3 is 4.74 Å². The zero-order valence-corrected chi connectivity index (χ0v) is 27.2. The van der Waals surface area contributed by atoms with Crippen LogP contribution in [0.1, 0.15) is 87.7 Å². The van der Waals surface area contributed by atoms with E-state index in [0.717, 1.165) is 31.5 Å². The van der Waals surface area contributed by atoms with E-state index in [1.165, 1.54) is 22.8 Å². The van der Waals surface area contributed by atoms with Gasteiger partial charge in [0, 0.05) is 43.7 Å². The molecular weight excluding hydrogens is 565 g/mol. The van der Waals surface area contributed by atoms with Crippen molar-refractivity contribution in [2.45, 2.75) is 109 Å². The molecule has 1 saturated carbocycles. The third-order valence-electron chi connectivity index (χ3n) is 9.29. The predicted molar refractivity (Wildman–Crippen MR) is 168 cm³/mol. The molecule has 0 spiro atoms. The van der Waals surface area contributed by atoms with Crippen molar-refractivity contribution < 1.29 is 17.5 Å². The van der Waals surface area contributed by atoms with Crippen molar-refractivity contribution in [3.63, 3.8) is 0 Å². The average Bonchev–Trinajstić information content (AvgIpc) is 2.92. The molecule has 3 heterocycles. The van der Waals surface area contributed by atoms with Crippen LogP contribution in [-0.2, 0) is 21.2 Å². The first-order valence-electron chi connectivity index (χ1n) is 15.9. The molecule has 5 rings (SSSR count). The second-order valence-electron chi connectivity index (χ2n) is 14.1. The van der Waals surface area contributed by atoms with E-state index in [0.29, 0.717) is 38.8 Å². The summed E-state index contributed by atoms with van der Waals surface area (Å²) in [4.78, 5) is 6.59. The second kappa shape index (κ2) is 13.6. The highest BCUT2D eigenvalue weighted by Gasteiger charge is 2.39. The number of halogens is 1. The number of rotatable bonds is 5. The van der Waals surface area contributed by atoms with E-state index in [4.69, 9.17) is 4.74 Å². The van der Waals surface area contributed by atoms with Crippen LogP contribution >= 0.6 is 0 Å². The number of pyridine rings is 1. The zero-order valence-electron chi connectivity index (χ0n) is 26.4. The van der Waals surface area contributed by atoms with Crippen molar-refractivity contribution in [1.82, 2.24) is 25.2 Å². The quantitative estimate of drug-likeness (QED) is 0.411. The van der Waals surface area contributed by atoms with Gasteiger partial charge in [0.2, 0.25) is 16.0 Å². The first-order chi connectivity index (χ1) is 20.4. The van der Waals surface area contributed by atoms with E-state index in [2.05, 4.69) is 78.1 Å². The molecule has 1 aromatic heterocycles. The molecule has 6 atom stereocenters. The Labute approximate surface area is 257 Å². The van der Waals surface area contributed by atoms with E-state index in [1.54, 1.807) is 6.07 Å². The minimum Gasteiger partial charge on any atom is -0.362 e. The van der Waals surface area contributed by atoms with Crippen molar-refractivity contribution in [1.29, 1.82) is 0 Å². The molecule has 8 nitrogen and oxygen atoms in total. The van der Waals surface area contributed by atoms with Crippen LogP contribution in [0.2, 0.25) is 0 Å². The molecule has 2 aromatic rings. The van der Waals surface area contributed by atoms with E-state index in [1.807, 2.05) is 6.07 Å².